The average Bonchev–Trinajstić information content (AvgIpc) is 3.15. The first-order valence-corrected chi connectivity index (χ1v) is 11.6. The zero-order valence-electron chi connectivity index (χ0n) is 20.5. The van der Waals surface area contributed by atoms with Gasteiger partial charge in [0.2, 0.25) is 0 Å². The van der Waals surface area contributed by atoms with Gasteiger partial charge in [-0.3, -0.25) is 9.59 Å². The lowest BCUT2D eigenvalue weighted by Crippen LogP contribution is -2.36. The van der Waals surface area contributed by atoms with Crippen molar-refractivity contribution in [3.05, 3.63) is 57.4 Å². The minimum absolute atomic E-state index is 0.0660. The molecule has 8 heteroatoms. The number of carbonyl (C=O) groups is 1. The molecule has 0 saturated heterocycles. The summed E-state index contributed by atoms with van der Waals surface area (Å²) >= 11 is 0. The Kier molecular flexibility index (Phi) is 6.43. The highest BCUT2D eigenvalue weighted by atomic mass is 16.2. The third-order valence-corrected chi connectivity index (χ3v) is 6.62. The van der Waals surface area contributed by atoms with Crippen LogP contribution in [0.25, 0.3) is 33.3 Å². The third kappa shape index (κ3) is 4.28. The maximum atomic E-state index is 13.0. The van der Waals surface area contributed by atoms with E-state index in [4.69, 9.17) is 5.73 Å². The second-order valence-corrected chi connectivity index (χ2v) is 8.80. The van der Waals surface area contributed by atoms with Crippen LogP contribution in [0.4, 0.5) is 5.69 Å². The molecule has 0 atom stereocenters. The number of nitrogens with two attached hydrogens (primary N) is 1. The molecular formula is C26H32N6O2. The standard InChI is InChI=1S/C26H32N6O2/c1-6-32(7-2)11-10-31(5)26(34)17-8-9-19-18(14-17)22(27)23(28-19)24-25(33)30-21-13-16(4)15(3)12-20(21)29-24/h8-9,12-14,28H,6-7,10-11,27H2,1-5H3,(H,30,33). The first kappa shape index (κ1) is 23.5. The Morgan fingerprint density at radius 1 is 1.00 bits per heavy atom. The average molecular weight is 461 g/mol. The van der Waals surface area contributed by atoms with E-state index in [1.54, 1.807) is 17.0 Å². The summed E-state index contributed by atoms with van der Waals surface area (Å²) in [5.41, 5.74) is 12.1. The van der Waals surface area contributed by atoms with Crippen molar-refractivity contribution < 1.29 is 4.79 Å². The van der Waals surface area contributed by atoms with Crippen molar-refractivity contribution >= 4 is 33.5 Å². The predicted octanol–water partition coefficient (Wildman–Crippen LogP) is 3.68. The van der Waals surface area contributed by atoms with Gasteiger partial charge in [0.15, 0.2) is 5.69 Å². The summed E-state index contributed by atoms with van der Waals surface area (Å²) in [5.74, 6) is -0.0660. The molecule has 0 unspecified atom stereocenters. The van der Waals surface area contributed by atoms with Gasteiger partial charge in [-0.1, -0.05) is 13.8 Å². The Hall–Kier alpha value is -3.65. The van der Waals surface area contributed by atoms with Crippen LogP contribution in [-0.2, 0) is 0 Å². The van der Waals surface area contributed by atoms with Gasteiger partial charge in [-0.25, -0.2) is 4.98 Å². The quantitative estimate of drug-likeness (QED) is 0.390. The van der Waals surface area contributed by atoms with Crippen LogP contribution in [0.1, 0.15) is 35.3 Å². The molecule has 4 rings (SSSR count). The molecule has 2 aromatic heterocycles. The Balaban J connectivity index is 1.69. The number of aromatic amines is 2. The number of benzene rings is 2. The number of rotatable bonds is 7. The zero-order chi connectivity index (χ0) is 24.6. The highest BCUT2D eigenvalue weighted by molar-refractivity contribution is 6.04. The number of carbonyl (C=O) groups excluding carboxylic acids is 1. The van der Waals surface area contributed by atoms with Gasteiger partial charge in [0, 0.05) is 36.6 Å². The normalized spacial score (nSPS) is 11.6. The number of aryl methyl sites for hydroxylation is 2. The van der Waals surface area contributed by atoms with Crippen molar-refractivity contribution in [2.45, 2.75) is 27.7 Å². The first-order valence-electron chi connectivity index (χ1n) is 11.6. The summed E-state index contributed by atoms with van der Waals surface area (Å²) in [6, 6.07) is 9.26. The number of anilines is 1. The van der Waals surface area contributed by atoms with E-state index in [9.17, 15) is 9.59 Å². The maximum Gasteiger partial charge on any atom is 0.276 e. The molecule has 0 saturated carbocycles. The second kappa shape index (κ2) is 9.30. The summed E-state index contributed by atoms with van der Waals surface area (Å²) in [6.07, 6.45) is 0. The largest absolute Gasteiger partial charge is 0.396 e. The summed E-state index contributed by atoms with van der Waals surface area (Å²) in [4.78, 5) is 40.6. The van der Waals surface area contributed by atoms with Gasteiger partial charge in [0.1, 0.15) is 0 Å². The van der Waals surface area contributed by atoms with Gasteiger partial charge < -0.3 is 25.5 Å². The summed E-state index contributed by atoms with van der Waals surface area (Å²) in [6.45, 7) is 11.6. The van der Waals surface area contributed by atoms with Crippen molar-refractivity contribution in [2.75, 3.05) is 39.0 Å². The van der Waals surface area contributed by atoms with E-state index >= 15 is 0 Å². The predicted molar refractivity (Wildman–Crippen MR) is 138 cm³/mol. The minimum atomic E-state index is -0.318. The lowest BCUT2D eigenvalue weighted by molar-refractivity contribution is 0.0780. The molecule has 0 radical (unpaired) electrons. The Labute approximate surface area is 198 Å². The molecule has 2 aromatic carbocycles. The molecule has 0 spiro atoms. The molecule has 0 aliphatic carbocycles. The molecule has 2 heterocycles. The highest BCUT2D eigenvalue weighted by Gasteiger charge is 2.19. The van der Waals surface area contributed by atoms with Crippen LogP contribution in [0.15, 0.2) is 35.1 Å². The van der Waals surface area contributed by atoms with Crippen LogP contribution in [-0.4, -0.2) is 63.9 Å². The van der Waals surface area contributed by atoms with Crippen LogP contribution >= 0.6 is 0 Å². The molecule has 4 aromatic rings. The summed E-state index contributed by atoms with van der Waals surface area (Å²) in [7, 11) is 1.81. The van der Waals surface area contributed by atoms with Gasteiger partial charge >= 0.3 is 0 Å². The molecule has 8 nitrogen and oxygen atoms in total. The first-order chi connectivity index (χ1) is 16.2. The van der Waals surface area contributed by atoms with E-state index in [1.165, 1.54) is 0 Å². The van der Waals surface area contributed by atoms with Gasteiger partial charge in [0.25, 0.3) is 11.5 Å². The number of hydrogen-bond acceptors (Lipinski definition) is 5. The molecule has 0 aliphatic rings. The maximum absolute atomic E-state index is 13.0. The highest BCUT2D eigenvalue weighted by Crippen LogP contribution is 2.31. The van der Waals surface area contributed by atoms with Crippen LogP contribution in [0.2, 0.25) is 0 Å². The number of H-pyrrole nitrogens is 2. The van der Waals surface area contributed by atoms with Crippen LogP contribution in [0, 0.1) is 13.8 Å². The molecule has 4 N–H and O–H groups in total. The number of likely N-dealkylation sites (N-methyl/N-ethyl adjacent to an activating group) is 2. The Morgan fingerprint density at radius 3 is 2.41 bits per heavy atom. The number of fused-ring (bicyclic) bond motifs is 2. The van der Waals surface area contributed by atoms with Gasteiger partial charge in [0.05, 0.1) is 22.4 Å². The van der Waals surface area contributed by atoms with Crippen LogP contribution in [0.3, 0.4) is 0 Å². The number of nitrogen functional groups attached to an aromatic ring is 1. The minimum Gasteiger partial charge on any atom is -0.396 e. The van der Waals surface area contributed by atoms with Crippen LogP contribution < -0.4 is 11.3 Å². The van der Waals surface area contributed by atoms with Crippen molar-refractivity contribution in [2.24, 2.45) is 0 Å². The van der Waals surface area contributed by atoms with Crippen LogP contribution in [0.5, 0.6) is 0 Å². The van der Waals surface area contributed by atoms with Crippen molar-refractivity contribution in [1.82, 2.24) is 24.8 Å². The van der Waals surface area contributed by atoms with E-state index in [2.05, 4.69) is 33.7 Å². The number of nitrogens with one attached hydrogen (secondary N) is 2. The Morgan fingerprint density at radius 2 is 1.71 bits per heavy atom. The zero-order valence-corrected chi connectivity index (χ0v) is 20.5. The van der Waals surface area contributed by atoms with Gasteiger partial charge in [-0.2, -0.15) is 0 Å². The SMILES string of the molecule is CCN(CC)CCN(C)C(=O)c1ccc2[nH]c(-c3nc4cc(C)c(C)cc4[nH]c3=O)c(N)c2c1. The fourth-order valence-corrected chi connectivity index (χ4v) is 4.20. The van der Waals surface area contributed by atoms with Crippen molar-refractivity contribution in [3.8, 4) is 11.4 Å². The number of aromatic nitrogens is 3. The monoisotopic (exact) mass is 460 g/mol. The van der Waals surface area contributed by atoms with Gasteiger partial charge in [-0.15, -0.1) is 0 Å². The number of amides is 1. The topological polar surface area (TPSA) is 111 Å². The summed E-state index contributed by atoms with van der Waals surface area (Å²) < 4.78 is 0. The van der Waals surface area contributed by atoms with Crippen molar-refractivity contribution in [3.63, 3.8) is 0 Å². The van der Waals surface area contributed by atoms with E-state index < -0.39 is 0 Å². The van der Waals surface area contributed by atoms with E-state index in [0.717, 1.165) is 36.3 Å². The summed E-state index contributed by atoms with van der Waals surface area (Å²) in [5, 5.41) is 0.694. The van der Waals surface area contributed by atoms with E-state index in [1.807, 2.05) is 39.1 Å². The Bertz CT molecular complexity index is 1430. The lowest BCUT2D eigenvalue weighted by atomic mass is 10.1. The molecule has 0 fully saturated rings. The molecule has 178 valence electrons. The molecule has 1 amide bonds. The molecular weight excluding hydrogens is 428 g/mol. The smallest absolute Gasteiger partial charge is 0.276 e. The molecule has 0 bridgehead atoms. The van der Waals surface area contributed by atoms with Gasteiger partial charge in [-0.05, 0) is 68.4 Å². The lowest BCUT2D eigenvalue weighted by Gasteiger charge is -2.23. The third-order valence-electron chi connectivity index (χ3n) is 6.62. The second-order valence-electron chi connectivity index (χ2n) is 8.80. The fourth-order valence-electron chi connectivity index (χ4n) is 4.20. The van der Waals surface area contributed by atoms with E-state index in [-0.39, 0.29) is 17.2 Å². The van der Waals surface area contributed by atoms with E-state index in [0.29, 0.717) is 39.9 Å². The molecule has 34 heavy (non-hydrogen) atoms. The number of nitrogens with zero attached hydrogens (tertiary/aromatic N) is 3. The van der Waals surface area contributed by atoms with Crippen molar-refractivity contribution in [1.29, 1.82) is 0 Å². The molecule has 0 aliphatic heterocycles. The number of hydrogen-bond donors (Lipinski definition) is 3. The fraction of sp³-hybridized carbons (Fsp3) is 0.346.